The lowest BCUT2D eigenvalue weighted by molar-refractivity contribution is -0.113. The van der Waals surface area contributed by atoms with E-state index in [1.165, 1.54) is 28.7 Å². The molecule has 9 heteroatoms. The molecule has 4 rings (SSSR count). The molecule has 3 aromatic heterocycles. The van der Waals surface area contributed by atoms with Crippen LogP contribution in [0.15, 0.2) is 45.5 Å². The van der Waals surface area contributed by atoms with Gasteiger partial charge in [-0.25, -0.2) is 4.98 Å². The Bertz CT molecular complexity index is 1210. The number of rotatable bonds is 6. The first-order valence-corrected chi connectivity index (χ1v) is 11.2. The normalized spacial score (nSPS) is 11.1. The Morgan fingerprint density at radius 1 is 1.20 bits per heavy atom. The van der Waals surface area contributed by atoms with Gasteiger partial charge in [0, 0.05) is 18.0 Å². The van der Waals surface area contributed by atoms with Crippen LogP contribution in [-0.2, 0) is 11.8 Å². The number of thioether (sulfide) groups is 1. The van der Waals surface area contributed by atoms with Crippen molar-refractivity contribution in [3.8, 4) is 22.6 Å². The Balaban J connectivity index is 1.39. The zero-order valence-corrected chi connectivity index (χ0v) is 18.7. The first-order valence-electron chi connectivity index (χ1n) is 9.32. The van der Waals surface area contributed by atoms with E-state index < -0.39 is 0 Å². The van der Waals surface area contributed by atoms with Gasteiger partial charge < -0.3 is 14.3 Å². The molecule has 0 unspecified atom stereocenters. The lowest BCUT2D eigenvalue weighted by Crippen LogP contribution is -2.14. The average Bonchev–Trinajstić information content (AvgIpc) is 3.43. The summed E-state index contributed by atoms with van der Waals surface area (Å²) in [6, 6.07) is 8.13. The Hall–Kier alpha value is -2.91. The van der Waals surface area contributed by atoms with Crippen molar-refractivity contribution in [3.05, 3.63) is 52.8 Å². The zero-order valence-electron chi connectivity index (χ0n) is 17.1. The summed E-state index contributed by atoms with van der Waals surface area (Å²) in [5, 5.41) is 14.5. The second-order valence-corrected chi connectivity index (χ2v) is 8.75. The standard InChI is InChI=1S/C21H21N5O2S2/c1-12-5-6-13(2)16(9-12)17-10-29-20(22-17)23-18(27)11-30-21-25-24-19(26(21)4)15-7-8-28-14(15)3/h5-10H,11H2,1-4H3,(H,22,23,27). The zero-order chi connectivity index (χ0) is 21.3. The number of anilines is 1. The van der Waals surface area contributed by atoms with Crippen molar-refractivity contribution in [2.24, 2.45) is 7.05 Å². The van der Waals surface area contributed by atoms with Crippen molar-refractivity contribution in [1.82, 2.24) is 19.7 Å². The van der Waals surface area contributed by atoms with Gasteiger partial charge in [-0.1, -0.05) is 29.5 Å². The van der Waals surface area contributed by atoms with Crippen LogP contribution in [0.4, 0.5) is 5.13 Å². The van der Waals surface area contributed by atoms with Crippen LogP contribution in [0.25, 0.3) is 22.6 Å². The molecule has 0 saturated heterocycles. The highest BCUT2D eigenvalue weighted by Gasteiger charge is 2.16. The summed E-state index contributed by atoms with van der Waals surface area (Å²) in [7, 11) is 1.87. The van der Waals surface area contributed by atoms with Gasteiger partial charge in [0.1, 0.15) is 5.76 Å². The van der Waals surface area contributed by atoms with Crippen LogP contribution in [-0.4, -0.2) is 31.4 Å². The lowest BCUT2D eigenvalue weighted by atomic mass is 10.0. The molecular weight excluding hydrogens is 418 g/mol. The fraction of sp³-hybridized carbons (Fsp3) is 0.238. The number of hydrogen-bond donors (Lipinski definition) is 1. The van der Waals surface area contributed by atoms with Gasteiger partial charge in [-0.2, -0.15) is 0 Å². The lowest BCUT2D eigenvalue weighted by Gasteiger charge is -2.04. The van der Waals surface area contributed by atoms with Gasteiger partial charge in [-0.15, -0.1) is 21.5 Å². The maximum atomic E-state index is 12.4. The molecule has 154 valence electrons. The van der Waals surface area contributed by atoms with Crippen LogP contribution >= 0.6 is 23.1 Å². The topological polar surface area (TPSA) is 85.8 Å². The van der Waals surface area contributed by atoms with Crippen LogP contribution in [0.2, 0.25) is 0 Å². The number of aryl methyl sites for hydroxylation is 3. The summed E-state index contributed by atoms with van der Waals surface area (Å²) in [5.41, 5.74) is 5.19. The van der Waals surface area contributed by atoms with E-state index >= 15 is 0 Å². The van der Waals surface area contributed by atoms with E-state index in [-0.39, 0.29) is 11.7 Å². The minimum atomic E-state index is -0.133. The summed E-state index contributed by atoms with van der Waals surface area (Å²) >= 11 is 2.75. The monoisotopic (exact) mass is 439 g/mol. The second-order valence-electron chi connectivity index (χ2n) is 6.95. The summed E-state index contributed by atoms with van der Waals surface area (Å²) in [6.45, 7) is 6.00. The quantitative estimate of drug-likeness (QED) is 0.432. The number of carbonyl (C=O) groups is 1. The van der Waals surface area contributed by atoms with E-state index in [1.54, 1.807) is 6.26 Å². The molecule has 7 nitrogen and oxygen atoms in total. The molecule has 0 atom stereocenters. The predicted octanol–water partition coefficient (Wildman–Crippen LogP) is 4.85. The fourth-order valence-electron chi connectivity index (χ4n) is 3.04. The molecule has 0 aliphatic carbocycles. The Kier molecular flexibility index (Phi) is 5.74. The minimum Gasteiger partial charge on any atom is -0.469 e. The van der Waals surface area contributed by atoms with Gasteiger partial charge in [-0.05, 0) is 38.5 Å². The minimum absolute atomic E-state index is 0.133. The Labute approximate surface area is 182 Å². The number of nitrogens with zero attached hydrogens (tertiary/aromatic N) is 4. The summed E-state index contributed by atoms with van der Waals surface area (Å²) in [5.74, 6) is 1.57. The molecule has 0 bridgehead atoms. The third kappa shape index (κ3) is 4.17. The third-order valence-electron chi connectivity index (χ3n) is 4.69. The van der Waals surface area contributed by atoms with E-state index in [9.17, 15) is 4.79 Å². The number of nitrogens with one attached hydrogen (secondary N) is 1. The number of thiazole rings is 1. The van der Waals surface area contributed by atoms with Gasteiger partial charge in [0.15, 0.2) is 16.1 Å². The molecule has 4 aromatic rings. The molecule has 0 aliphatic rings. The molecule has 30 heavy (non-hydrogen) atoms. The molecular formula is C21H21N5O2S2. The van der Waals surface area contributed by atoms with E-state index in [1.807, 2.05) is 30.0 Å². The molecule has 1 amide bonds. The molecule has 3 heterocycles. The van der Waals surface area contributed by atoms with Crippen LogP contribution < -0.4 is 5.32 Å². The first kappa shape index (κ1) is 20.4. The van der Waals surface area contributed by atoms with Crippen molar-refractivity contribution < 1.29 is 9.21 Å². The Morgan fingerprint density at radius 3 is 2.80 bits per heavy atom. The van der Waals surface area contributed by atoms with E-state index in [2.05, 4.69) is 52.5 Å². The second kappa shape index (κ2) is 8.45. The largest absolute Gasteiger partial charge is 0.469 e. The van der Waals surface area contributed by atoms with Gasteiger partial charge in [0.2, 0.25) is 5.91 Å². The van der Waals surface area contributed by atoms with Crippen LogP contribution in [0, 0.1) is 20.8 Å². The molecule has 1 aromatic carbocycles. The summed E-state index contributed by atoms with van der Waals surface area (Å²) in [6.07, 6.45) is 1.63. The van der Waals surface area contributed by atoms with Crippen molar-refractivity contribution in [3.63, 3.8) is 0 Å². The SMILES string of the molecule is Cc1ccc(C)c(-c2csc(NC(=O)CSc3nnc(-c4ccoc4C)n3C)n2)c1. The molecule has 1 N–H and O–H groups in total. The maximum Gasteiger partial charge on any atom is 0.236 e. The third-order valence-corrected chi connectivity index (χ3v) is 6.46. The van der Waals surface area contributed by atoms with Gasteiger partial charge in [0.25, 0.3) is 0 Å². The number of aromatic nitrogens is 4. The van der Waals surface area contributed by atoms with Gasteiger partial charge in [-0.3, -0.25) is 4.79 Å². The van der Waals surface area contributed by atoms with E-state index in [0.29, 0.717) is 16.1 Å². The average molecular weight is 440 g/mol. The molecule has 0 spiro atoms. The van der Waals surface area contributed by atoms with Crippen LogP contribution in [0.3, 0.4) is 0 Å². The van der Waals surface area contributed by atoms with E-state index in [4.69, 9.17) is 4.42 Å². The summed E-state index contributed by atoms with van der Waals surface area (Å²) < 4.78 is 7.20. The van der Waals surface area contributed by atoms with Gasteiger partial charge in [0.05, 0.1) is 23.3 Å². The predicted molar refractivity (Wildman–Crippen MR) is 120 cm³/mol. The van der Waals surface area contributed by atoms with Crippen molar-refractivity contribution >= 4 is 34.1 Å². The van der Waals surface area contributed by atoms with E-state index in [0.717, 1.165) is 28.1 Å². The number of carbonyl (C=O) groups excluding carboxylic acids is 1. The first-order chi connectivity index (χ1) is 14.4. The Morgan fingerprint density at radius 2 is 2.03 bits per heavy atom. The highest BCUT2D eigenvalue weighted by molar-refractivity contribution is 7.99. The van der Waals surface area contributed by atoms with Crippen molar-refractivity contribution in [1.29, 1.82) is 0 Å². The smallest absolute Gasteiger partial charge is 0.236 e. The van der Waals surface area contributed by atoms with Crippen LogP contribution in [0.1, 0.15) is 16.9 Å². The highest BCUT2D eigenvalue weighted by Crippen LogP contribution is 2.29. The fourth-order valence-corrected chi connectivity index (χ4v) is 4.48. The van der Waals surface area contributed by atoms with Gasteiger partial charge >= 0.3 is 0 Å². The number of hydrogen-bond acceptors (Lipinski definition) is 7. The number of furan rings is 1. The molecule has 0 saturated carbocycles. The molecule has 0 radical (unpaired) electrons. The van der Waals surface area contributed by atoms with Crippen molar-refractivity contribution in [2.75, 3.05) is 11.1 Å². The summed E-state index contributed by atoms with van der Waals surface area (Å²) in [4.78, 5) is 17.0. The number of amides is 1. The molecule has 0 fully saturated rings. The van der Waals surface area contributed by atoms with Crippen LogP contribution in [0.5, 0.6) is 0 Å². The maximum absolute atomic E-state index is 12.4. The number of benzene rings is 1. The van der Waals surface area contributed by atoms with Crippen molar-refractivity contribution in [2.45, 2.75) is 25.9 Å². The highest BCUT2D eigenvalue weighted by atomic mass is 32.2. The molecule has 0 aliphatic heterocycles.